The highest BCUT2D eigenvalue weighted by molar-refractivity contribution is 7.80. The summed E-state index contributed by atoms with van der Waals surface area (Å²) >= 11 is 5.46. The van der Waals surface area contributed by atoms with Crippen molar-refractivity contribution in [1.82, 2.24) is 5.32 Å². The quantitative estimate of drug-likeness (QED) is 0.378. The van der Waals surface area contributed by atoms with E-state index < -0.39 is 0 Å². The van der Waals surface area contributed by atoms with Crippen LogP contribution in [0.5, 0.6) is 11.5 Å². The van der Waals surface area contributed by atoms with Gasteiger partial charge in [-0.25, -0.2) is 0 Å². The molecule has 0 saturated heterocycles. The van der Waals surface area contributed by atoms with Crippen LogP contribution in [0.15, 0.2) is 65.3 Å². The summed E-state index contributed by atoms with van der Waals surface area (Å²) in [6.45, 7) is 5.32. The zero-order chi connectivity index (χ0) is 22.8. The zero-order valence-electron chi connectivity index (χ0n) is 18.1. The summed E-state index contributed by atoms with van der Waals surface area (Å²) in [6, 6.07) is 16.9. The molecule has 1 aromatic heterocycles. The van der Waals surface area contributed by atoms with Gasteiger partial charge in [-0.15, -0.1) is 0 Å². The largest absolute Gasteiger partial charge is 0.492 e. The van der Waals surface area contributed by atoms with Gasteiger partial charge in [0.25, 0.3) is 5.91 Å². The second-order valence-electron chi connectivity index (χ2n) is 6.76. The van der Waals surface area contributed by atoms with E-state index in [-0.39, 0.29) is 11.7 Å². The summed E-state index contributed by atoms with van der Waals surface area (Å²) in [4.78, 5) is 12.5. The number of amides is 1. The Hall–Kier alpha value is -3.52. The Bertz CT molecular complexity index is 1020. The molecule has 3 N–H and O–H groups in total. The maximum absolute atomic E-state index is 12.5. The van der Waals surface area contributed by atoms with Crippen LogP contribution in [0.25, 0.3) is 0 Å². The van der Waals surface area contributed by atoms with E-state index in [1.807, 2.05) is 32.0 Å². The van der Waals surface area contributed by atoms with E-state index in [1.54, 1.807) is 24.3 Å². The lowest BCUT2D eigenvalue weighted by Gasteiger charge is -2.18. The monoisotopic (exact) mass is 453 g/mol. The SMILES string of the molecule is CCOc1cc(NC(=S)NCCc2ccccc2)c(OCC)cc1NC(=O)c1ccco1. The number of benzene rings is 2. The fraction of sp³-hybridized carbons (Fsp3) is 0.250. The van der Waals surface area contributed by atoms with Crippen LogP contribution in [-0.2, 0) is 6.42 Å². The van der Waals surface area contributed by atoms with Gasteiger partial charge in [0.2, 0.25) is 0 Å². The van der Waals surface area contributed by atoms with Gasteiger partial charge in [-0.2, -0.15) is 0 Å². The first-order valence-electron chi connectivity index (χ1n) is 10.5. The highest BCUT2D eigenvalue weighted by Crippen LogP contribution is 2.37. The minimum absolute atomic E-state index is 0.205. The van der Waals surface area contributed by atoms with Gasteiger partial charge in [-0.1, -0.05) is 30.3 Å². The molecule has 0 bridgehead atoms. The van der Waals surface area contributed by atoms with Crippen LogP contribution in [0, 0.1) is 0 Å². The standard InChI is InChI=1S/C24H27N3O4S/c1-3-29-21-16-19(27-24(32)25-13-12-17-9-6-5-7-10-17)22(30-4-2)15-18(21)26-23(28)20-11-8-14-31-20/h5-11,14-16H,3-4,12-13H2,1-2H3,(H,26,28)(H2,25,27,32). The summed E-state index contributed by atoms with van der Waals surface area (Å²) in [7, 11) is 0. The maximum Gasteiger partial charge on any atom is 0.291 e. The molecule has 0 atom stereocenters. The number of furan rings is 1. The molecule has 1 heterocycles. The lowest BCUT2D eigenvalue weighted by molar-refractivity contribution is 0.0996. The third kappa shape index (κ3) is 6.49. The minimum atomic E-state index is -0.378. The van der Waals surface area contributed by atoms with Crippen LogP contribution in [-0.4, -0.2) is 30.8 Å². The molecule has 0 fully saturated rings. The van der Waals surface area contributed by atoms with Gasteiger partial charge in [0.05, 0.1) is 30.9 Å². The van der Waals surface area contributed by atoms with Crippen LogP contribution in [0.2, 0.25) is 0 Å². The Morgan fingerprint density at radius 1 is 0.938 bits per heavy atom. The topological polar surface area (TPSA) is 84.8 Å². The third-order valence-corrected chi connectivity index (χ3v) is 4.71. The fourth-order valence-electron chi connectivity index (χ4n) is 3.03. The molecule has 7 nitrogen and oxygen atoms in total. The van der Waals surface area contributed by atoms with Crippen LogP contribution < -0.4 is 25.4 Å². The van der Waals surface area contributed by atoms with E-state index in [9.17, 15) is 4.79 Å². The number of carbonyl (C=O) groups is 1. The second kappa shape index (κ2) is 11.8. The predicted molar refractivity (Wildman–Crippen MR) is 130 cm³/mol. The summed E-state index contributed by atoms with van der Waals surface area (Å²) in [5.41, 5.74) is 2.35. The van der Waals surface area contributed by atoms with Gasteiger partial charge in [-0.3, -0.25) is 4.79 Å². The number of ether oxygens (including phenoxy) is 2. The lowest BCUT2D eigenvalue weighted by atomic mass is 10.1. The molecule has 0 aliphatic heterocycles. The molecule has 1 amide bonds. The molecule has 0 aliphatic rings. The van der Waals surface area contributed by atoms with Gasteiger partial charge in [-0.05, 0) is 50.2 Å². The summed E-state index contributed by atoms with van der Waals surface area (Å²) < 4.78 is 16.7. The molecule has 0 aliphatic carbocycles. The van der Waals surface area contributed by atoms with Gasteiger partial charge < -0.3 is 29.8 Å². The highest BCUT2D eigenvalue weighted by Gasteiger charge is 2.17. The Balaban J connectivity index is 1.72. The van der Waals surface area contributed by atoms with Crippen molar-refractivity contribution in [2.24, 2.45) is 0 Å². The van der Waals surface area contributed by atoms with Gasteiger partial charge >= 0.3 is 0 Å². The number of nitrogens with one attached hydrogen (secondary N) is 3. The summed E-state index contributed by atoms with van der Waals surface area (Å²) in [5, 5.41) is 9.67. The van der Waals surface area contributed by atoms with Crippen molar-refractivity contribution in [2.75, 3.05) is 30.4 Å². The van der Waals surface area contributed by atoms with Crippen molar-refractivity contribution in [3.8, 4) is 11.5 Å². The number of hydrogen-bond donors (Lipinski definition) is 3. The molecule has 0 radical (unpaired) electrons. The van der Waals surface area contributed by atoms with Gasteiger partial charge in [0, 0.05) is 18.7 Å². The smallest absolute Gasteiger partial charge is 0.291 e. The van der Waals surface area contributed by atoms with Crippen LogP contribution in [0.1, 0.15) is 30.0 Å². The van der Waals surface area contributed by atoms with E-state index in [4.69, 9.17) is 26.1 Å². The van der Waals surface area contributed by atoms with Crippen molar-refractivity contribution < 1.29 is 18.7 Å². The summed E-state index contributed by atoms with van der Waals surface area (Å²) in [5.74, 6) is 0.858. The van der Waals surface area contributed by atoms with Gasteiger partial charge in [0.1, 0.15) is 11.5 Å². The molecule has 8 heteroatoms. The molecule has 32 heavy (non-hydrogen) atoms. The van der Waals surface area contributed by atoms with Crippen molar-refractivity contribution in [3.63, 3.8) is 0 Å². The lowest BCUT2D eigenvalue weighted by Crippen LogP contribution is -2.30. The number of anilines is 2. The van der Waals surface area contributed by atoms with E-state index in [1.165, 1.54) is 11.8 Å². The average molecular weight is 454 g/mol. The van der Waals surface area contributed by atoms with Crippen molar-refractivity contribution >= 4 is 34.6 Å². The normalized spacial score (nSPS) is 10.3. The second-order valence-corrected chi connectivity index (χ2v) is 7.17. The first-order valence-corrected chi connectivity index (χ1v) is 10.9. The zero-order valence-corrected chi connectivity index (χ0v) is 19.0. The fourth-order valence-corrected chi connectivity index (χ4v) is 3.24. The average Bonchev–Trinajstić information content (AvgIpc) is 3.33. The molecule has 0 spiro atoms. The van der Waals surface area contributed by atoms with E-state index in [2.05, 4.69) is 28.1 Å². The Morgan fingerprint density at radius 3 is 2.19 bits per heavy atom. The Kier molecular flexibility index (Phi) is 8.51. The summed E-state index contributed by atoms with van der Waals surface area (Å²) in [6.07, 6.45) is 2.30. The molecular weight excluding hydrogens is 426 g/mol. The van der Waals surface area contributed by atoms with Crippen molar-refractivity contribution in [1.29, 1.82) is 0 Å². The molecule has 3 rings (SSSR count). The molecule has 2 aromatic carbocycles. The van der Waals surface area contributed by atoms with Crippen LogP contribution >= 0.6 is 12.2 Å². The van der Waals surface area contributed by atoms with Crippen molar-refractivity contribution in [2.45, 2.75) is 20.3 Å². The van der Waals surface area contributed by atoms with E-state index in [0.29, 0.717) is 47.7 Å². The van der Waals surface area contributed by atoms with Gasteiger partial charge in [0.15, 0.2) is 10.9 Å². The van der Waals surface area contributed by atoms with Crippen LogP contribution in [0.3, 0.4) is 0 Å². The predicted octanol–water partition coefficient (Wildman–Crippen LogP) is 4.86. The van der Waals surface area contributed by atoms with E-state index in [0.717, 1.165) is 6.42 Å². The van der Waals surface area contributed by atoms with Crippen LogP contribution in [0.4, 0.5) is 11.4 Å². The number of thiocarbonyl (C=S) groups is 1. The first kappa shape index (κ1) is 23.1. The number of rotatable bonds is 10. The first-order chi connectivity index (χ1) is 15.6. The molecular formula is C24H27N3O4S. The number of hydrogen-bond acceptors (Lipinski definition) is 5. The molecule has 3 aromatic rings. The Labute approximate surface area is 193 Å². The van der Waals surface area contributed by atoms with Crippen molar-refractivity contribution in [3.05, 3.63) is 72.2 Å². The Morgan fingerprint density at radius 2 is 1.59 bits per heavy atom. The molecule has 168 valence electrons. The number of carbonyl (C=O) groups excluding carboxylic acids is 1. The molecule has 0 saturated carbocycles. The minimum Gasteiger partial charge on any atom is -0.492 e. The third-order valence-electron chi connectivity index (χ3n) is 4.46. The maximum atomic E-state index is 12.5. The van der Waals surface area contributed by atoms with E-state index >= 15 is 0 Å². The highest BCUT2D eigenvalue weighted by atomic mass is 32.1. The molecule has 0 unspecified atom stereocenters.